The number of amides is 1. The van der Waals surface area contributed by atoms with Crippen molar-refractivity contribution >= 4 is 5.91 Å². The molecule has 0 aliphatic carbocycles. The maximum absolute atomic E-state index is 12.8. The van der Waals surface area contributed by atoms with E-state index in [9.17, 15) is 13.6 Å². The van der Waals surface area contributed by atoms with Crippen LogP contribution in [-0.4, -0.2) is 5.91 Å². The Bertz CT molecular complexity index is 409. The molecular formula is C8H4F2N2O. The van der Waals surface area contributed by atoms with E-state index in [0.717, 1.165) is 0 Å². The average molecular weight is 182 g/mol. The summed E-state index contributed by atoms with van der Waals surface area (Å²) in [4.78, 5) is 10.5. The lowest BCUT2D eigenvalue weighted by molar-refractivity contribution is 0.0996. The summed E-state index contributed by atoms with van der Waals surface area (Å²) >= 11 is 0. The van der Waals surface area contributed by atoms with Gasteiger partial charge in [-0.15, -0.1) is 0 Å². The SMILES string of the molecule is N#Cc1cc(F)c(C(N)=O)cc1F. The van der Waals surface area contributed by atoms with Crippen molar-refractivity contribution in [2.45, 2.75) is 0 Å². The van der Waals surface area contributed by atoms with E-state index in [2.05, 4.69) is 0 Å². The van der Waals surface area contributed by atoms with Crippen LogP contribution in [0.5, 0.6) is 0 Å². The van der Waals surface area contributed by atoms with E-state index in [-0.39, 0.29) is 0 Å². The van der Waals surface area contributed by atoms with Gasteiger partial charge in [0, 0.05) is 0 Å². The highest BCUT2D eigenvalue weighted by atomic mass is 19.1. The standard InChI is InChI=1S/C8H4F2N2O/c9-6-2-5(8(12)13)7(10)1-4(6)3-11/h1-2H,(H2,12,13). The third kappa shape index (κ3) is 1.62. The predicted molar refractivity (Wildman–Crippen MR) is 39.6 cm³/mol. The van der Waals surface area contributed by atoms with Gasteiger partial charge in [-0.1, -0.05) is 0 Å². The highest BCUT2D eigenvalue weighted by Gasteiger charge is 2.12. The van der Waals surface area contributed by atoms with Gasteiger partial charge in [-0.2, -0.15) is 5.26 Å². The van der Waals surface area contributed by atoms with Gasteiger partial charge in [0.1, 0.15) is 17.7 Å². The number of hydrogen-bond acceptors (Lipinski definition) is 2. The first kappa shape index (κ1) is 9.13. The third-order valence-electron chi connectivity index (χ3n) is 1.44. The van der Waals surface area contributed by atoms with Crippen molar-refractivity contribution in [1.29, 1.82) is 5.26 Å². The second-order valence-electron chi connectivity index (χ2n) is 2.29. The Kier molecular flexibility index (Phi) is 2.24. The fourth-order valence-corrected chi connectivity index (χ4v) is 0.821. The van der Waals surface area contributed by atoms with E-state index in [4.69, 9.17) is 11.0 Å². The molecule has 1 aromatic carbocycles. The second kappa shape index (κ2) is 3.19. The number of hydrogen-bond donors (Lipinski definition) is 1. The first-order chi connectivity index (χ1) is 6.06. The fraction of sp³-hybridized carbons (Fsp3) is 0. The number of nitrogens with two attached hydrogens (primary N) is 1. The van der Waals surface area contributed by atoms with Gasteiger partial charge in [-0.05, 0) is 12.1 Å². The zero-order valence-corrected chi connectivity index (χ0v) is 6.34. The Morgan fingerprint density at radius 1 is 1.38 bits per heavy atom. The molecule has 0 heterocycles. The van der Waals surface area contributed by atoms with Gasteiger partial charge in [0.2, 0.25) is 0 Å². The molecule has 0 atom stereocenters. The quantitative estimate of drug-likeness (QED) is 0.702. The highest BCUT2D eigenvalue weighted by Crippen LogP contribution is 2.13. The number of primary amides is 1. The molecule has 1 amide bonds. The van der Waals surface area contributed by atoms with Gasteiger partial charge < -0.3 is 5.73 Å². The topological polar surface area (TPSA) is 66.9 Å². The van der Waals surface area contributed by atoms with Crippen LogP contribution in [0, 0.1) is 23.0 Å². The minimum atomic E-state index is -1.07. The predicted octanol–water partition coefficient (Wildman–Crippen LogP) is 0.935. The van der Waals surface area contributed by atoms with E-state index in [1.54, 1.807) is 0 Å². The summed E-state index contributed by atoms with van der Waals surface area (Å²) in [6.07, 6.45) is 0. The van der Waals surface area contributed by atoms with Crippen molar-refractivity contribution in [3.8, 4) is 6.07 Å². The van der Waals surface area contributed by atoms with Crippen LogP contribution in [0.15, 0.2) is 12.1 Å². The molecule has 5 heteroatoms. The highest BCUT2D eigenvalue weighted by molar-refractivity contribution is 5.93. The molecule has 2 N–H and O–H groups in total. The van der Waals surface area contributed by atoms with Gasteiger partial charge in [0.25, 0.3) is 5.91 Å². The molecule has 3 nitrogen and oxygen atoms in total. The number of carbonyl (C=O) groups excluding carboxylic acids is 1. The molecule has 0 fully saturated rings. The minimum Gasteiger partial charge on any atom is -0.366 e. The first-order valence-corrected chi connectivity index (χ1v) is 3.25. The summed E-state index contributed by atoms with van der Waals surface area (Å²) in [5, 5.41) is 8.30. The zero-order chi connectivity index (χ0) is 10.0. The number of rotatable bonds is 1. The van der Waals surface area contributed by atoms with Crippen LogP contribution in [0.25, 0.3) is 0 Å². The first-order valence-electron chi connectivity index (χ1n) is 3.25. The Morgan fingerprint density at radius 2 is 2.00 bits per heavy atom. The molecule has 0 radical (unpaired) electrons. The molecule has 66 valence electrons. The summed E-state index contributed by atoms with van der Waals surface area (Å²) < 4.78 is 25.6. The summed E-state index contributed by atoms with van der Waals surface area (Å²) in [7, 11) is 0. The minimum absolute atomic E-state index is 0.456. The molecule has 0 saturated carbocycles. The van der Waals surface area contributed by atoms with E-state index in [1.807, 2.05) is 0 Å². The number of nitrogens with zero attached hydrogens (tertiary/aromatic N) is 1. The molecular weight excluding hydrogens is 178 g/mol. The molecule has 0 saturated heterocycles. The smallest absolute Gasteiger partial charge is 0.251 e. The van der Waals surface area contributed by atoms with E-state index in [0.29, 0.717) is 12.1 Å². The van der Waals surface area contributed by atoms with Crippen molar-refractivity contribution in [2.24, 2.45) is 5.73 Å². The van der Waals surface area contributed by atoms with Gasteiger partial charge in [0.05, 0.1) is 11.1 Å². The lowest BCUT2D eigenvalue weighted by Gasteiger charge is -1.99. The third-order valence-corrected chi connectivity index (χ3v) is 1.44. The van der Waals surface area contributed by atoms with Crippen LogP contribution in [0.2, 0.25) is 0 Å². The maximum Gasteiger partial charge on any atom is 0.251 e. The summed E-state index contributed by atoms with van der Waals surface area (Å²) in [5.41, 5.74) is 3.73. The maximum atomic E-state index is 12.8. The van der Waals surface area contributed by atoms with Crippen molar-refractivity contribution < 1.29 is 13.6 Å². The van der Waals surface area contributed by atoms with Gasteiger partial charge in [-0.3, -0.25) is 4.79 Å². The molecule has 0 aromatic heterocycles. The number of nitriles is 1. The van der Waals surface area contributed by atoms with Crippen LogP contribution in [-0.2, 0) is 0 Å². The Balaban J connectivity index is 3.39. The van der Waals surface area contributed by atoms with Crippen LogP contribution >= 0.6 is 0 Å². The Morgan fingerprint density at radius 3 is 2.46 bits per heavy atom. The van der Waals surface area contributed by atoms with Crippen molar-refractivity contribution in [1.82, 2.24) is 0 Å². The molecule has 0 aliphatic heterocycles. The zero-order valence-electron chi connectivity index (χ0n) is 6.34. The van der Waals surface area contributed by atoms with Gasteiger partial charge in [0.15, 0.2) is 0 Å². The lowest BCUT2D eigenvalue weighted by atomic mass is 10.1. The molecule has 0 aliphatic rings. The van der Waals surface area contributed by atoms with Crippen LogP contribution in [0.1, 0.15) is 15.9 Å². The van der Waals surface area contributed by atoms with Crippen LogP contribution in [0.4, 0.5) is 8.78 Å². The molecule has 13 heavy (non-hydrogen) atoms. The van der Waals surface area contributed by atoms with Crippen LogP contribution in [0.3, 0.4) is 0 Å². The molecule has 0 bridgehead atoms. The summed E-state index contributed by atoms with van der Waals surface area (Å²) in [6.45, 7) is 0. The Hall–Kier alpha value is -1.96. The summed E-state index contributed by atoms with van der Waals surface area (Å²) in [6, 6.07) is 2.68. The van der Waals surface area contributed by atoms with Gasteiger partial charge in [-0.25, -0.2) is 8.78 Å². The second-order valence-corrected chi connectivity index (χ2v) is 2.29. The number of benzene rings is 1. The van der Waals surface area contributed by atoms with Gasteiger partial charge >= 0.3 is 0 Å². The van der Waals surface area contributed by atoms with Crippen molar-refractivity contribution in [3.63, 3.8) is 0 Å². The van der Waals surface area contributed by atoms with E-state index >= 15 is 0 Å². The largest absolute Gasteiger partial charge is 0.366 e. The molecule has 1 aromatic rings. The molecule has 0 spiro atoms. The van der Waals surface area contributed by atoms with Crippen LogP contribution < -0.4 is 5.73 Å². The van der Waals surface area contributed by atoms with Crippen molar-refractivity contribution in [3.05, 3.63) is 34.9 Å². The fourth-order valence-electron chi connectivity index (χ4n) is 0.821. The number of carbonyl (C=O) groups is 1. The number of halogens is 2. The van der Waals surface area contributed by atoms with Crippen molar-refractivity contribution in [2.75, 3.05) is 0 Å². The average Bonchev–Trinajstić information content (AvgIpc) is 2.07. The molecule has 0 unspecified atom stereocenters. The monoisotopic (exact) mass is 182 g/mol. The summed E-state index contributed by atoms with van der Waals surface area (Å²) in [5.74, 6) is -3.02. The Labute approximate surface area is 72.4 Å². The molecule has 1 rings (SSSR count). The normalized spacial score (nSPS) is 9.31. The van der Waals surface area contributed by atoms with E-state index in [1.165, 1.54) is 6.07 Å². The van der Waals surface area contributed by atoms with E-state index < -0.39 is 28.7 Å². The lowest BCUT2D eigenvalue weighted by Crippen LogP contribution is -2.13.